The number of aromatic carboxylic acids is 1. The Morgan fingerprint density at radius 2 is 1.92 bits per heavy atom. The Morgan fingerprint density at radius 3 is 2.62 bits per heavy atom. The number of rotatable bonds is 5. The summed E-state index contributed by atoms with van der Waals surface area (Å²) < 4.78 is 0. The van der Waals surface area contributed by atoms with E-state index in [1.165, 1.54) is 12.1 Å². The lowest BCUT2D eigenvalue weighted by Gasteiger charge is -2.09. The van der Waals surface area contributed by atoms with E-state index in [4.69, 9.17) is 0 Å². The van der Waals surface area contributed by atoms with Crippen LogP contribution in [-0.4, -0.2) is 26.9 Å². The van der Waals surface area contributed by atoms with Gasteiger partial charge < -0.3 is 15.4 Å². The standard InChI is InChI=1S/C18H15N3O5/c1-10-13(7-4-8-15(10)21(25)26)19-16(22)9-12-11-5-2-3-6-14(11)20-17(12)18(23)24/h2-8,20H,9H2,1H3,(H,19,22)(H,23,24). The van der Waals surface area contributed by atoms with Crippen molar-refractivity contribution in [2.45, 2.75) is 13.3 Å². The summed E-state index contributed by atoms with van der Waals surface area (Å²) in [5.74, 6) is -1.61. The molecule has 0 bridgehead atoms. The number of nitrogens with one attached hydrogen (secondary N) is 2. The van der Waals surface area contributed by atoms with E-state index in [0.29, 0.717) is 27.7 Å². The minimum absolute atomic E-state index is 0.0443. The number of aromatic amines is 1. The third-order valence-corrected chi connectivity index (χ3v) is 4.14. The highest BCUT2D eigenvalue weighted by Crippen LogP contribution is 2.26. The Bertz CT molecular complexity index is 1040. The van der Waals surface area contributed by atoms with E-state index in [-0.39, 0.29) is 17.8 Å². The number of carboxylic acids is 1. The van der Waals surface area contributed by atoms with Gasteiger partial charge in [0.25, 0.3) is 5.69 Å². The molecule has 3 rings (SSSR count). The summed E-state index contributed by atoms with van der Waals surface area (Å²) in [5, 5.41) is 23.7. The number of carbonyl (C=O) groups excluding carboxylic acids is 1. The molecule has 0 aliphatic rings. The Labute approximate surface area is 147 Å². The largest absolute Gasteiger partial charge is 0.477 e. The zero-order valence-electron chi connectivity index (χ0n) is 13.8. The smallest absolute Gasteiger partial charge is 0.352 e. The maximum atomic E-state index is 12.4. The molecule has 0 radical (unpaired) electrons. The quantitative estimate of drug-likeness (QED) is 0.479. The first-order chi connectivity index (χ1) is 12.4. The number of benzene rings is 2. The fourth-order valence-corrected chi connectivity index (χ4v) is 2.88. The second-order valence-electron chi connectivity index (χ2n) is 5.76. The van der Waals surface area contributed by atoms with Crippen LogP contribution in [0.2, 0.25) is 0 Å². The maximum absolute atomic E-state index is 12.4. The fourth-order valence-electron chi connectivity index (χ4n) is 2.88. The van der Waals surface area contributed by atoms with E-state index in [2.05, 4.69) is 10.3 Å². The molecule has 1 amide bonds. The number of amides is 1. The molecule has 0 spiro atoms. The van der Waals surface area contributed by atoms with Crippen LogP contribution in [-0.2, 0) is 11.2 Å². The lowest BCUT2D eigenvalue weighted by Crippen LogP contribution is -2.17. The first-order valence-electron chi connectivity index (χ1n) is 7.75. The summed E-state index contributed by atoms with van der Waals surface area (Å²) in [4.78, 5) is 37.2. The van der Waals surface area contributed by atoms with Crippen molar-refractivity contribution in [3.8, 4) is 0 Å². The molecule has 0 unspecified atom stereocenters. The number of para-hydroxylation sites is 1. The van der Waals surface area contributed by atoms with Gasteiger partial charge in [0.1, 0.15) is 5.69 Å². The van der Waals surface area contributed by atoms with E-state index >= 15 is 0 Å². The summed E-state index contributed by atoms with van der Waals surface area (Å²) in [5.41, 5.74) is 1.51. The van der Waals surface area contributed by atoms with Crippen LogP contribution in [0.4, 0.5) is 11.4 Å². The van der Waals surface area contributed by atoms with Crippen molar-refractivity contribution in [3.63, 3.8) is 0 Å². The summed E-state index contributed by atoms with van der Waals surface area (Å²) in [6.45, 7) is 1.54. The average Bonchev–Trinajstić information content (AvgIpc) is 2.95. The van der Waals surface area contributed by atoms with Gasteiger partial charge in [-0.3, -0.25) is 14.9 Å². The number of nitro groups is 1. The van der Waals surface area contributed by atoms with Gasteiger partial charge in [-0.1, -0.05) is 24.3 Å². The molecule has 3 aromatic rings. The van der Waals surface area contributed by atoms with Gasteiger partial charge in [-0.2, -0.15) is 0 Å². The van der Waals surface area contributed by atoms with Crippen LogP contribution >= 0.6 is 0 Å². The summed E-state index contributed by atoms with van der Waals surface area (Å²) in [6.07, 6.45) is -0.173. The van der Waals surface area contributed by atoms with Crippen molar-refractivity contribution in [2.75, 3.05) is 5.32 Å². The number of nitro benzene ring substituents is 1. The molecule has 132 valence electrons. The number of fused-ring (bicyclic) bond motifs is 1. The van der Waals surface area contributed by atoms with Crippen molar-refractivity contribution in [2.24, 2.45) is 0 Å². The third-order valence-electron chi connectivity index (χ3n) is 4.14. The lowest BCUT2D eigenvalue weighted by molar-refractivity contribution is -0.385. The maximum Gasteiger partial charge on any atom is 0.352 e. The Balaban J connectivity index is 1.91. The number of hydrogen-bond acceptors (Lipinski definition) is 4. The number of anilines is 1. The van der Waals surface area contributed by atoms with Crippen molar-refractivity contribution in [1.82, 2.24) is 4.98 Å². The van der Waals surface area contributed by atoms with E-state index in [0.717, 1.165) is 0 Å². The van der Waals surface area contributed by atoms with Gasteiger partial charge >= 0.3 is 5.97 Å². The predicted molar refractivity (Wildman–Crippen MR) is 95.4 cm³/mol. The zero-order valence-corrected chi connectivity index (χ0v) is 13.8. The Kier molecular flexibility index (Phi) is 4.40. The molecular weight excluding hydrogens is 338 g/mol. The highest BCUT2D eigenvalue weighted by atomic mass is 16.6. The van der Waals surface area contributed by atoms with Crippen molar-refractivity contribution >= 4 is 34.2 Å². The Hall–Kier alpha value is -3.68. The molecular formula is C18H15N3O5. The number of H-pyrrole nitrogens is 1. The van der Waals surface area contributed by atoms with Crippen LogP contribution in [0.5, 0.6) is 0 Å². The van der Waals surface area contributed by atoms with Gasteiger partial charge in [0.15, 0.2) is 0 Å². The second-order valence-corrected chi connectivity index (χ2v) is 5.76. The van der Waals surface area contributed by atoms with Crippen molar-refractivity contribution in [1.29, 1.82) is 0 Å². The SMILES string of the molecule is Cc1c(NC(=O)Cc2c(C(=O)O)[nH]c3ccccc23)cccc1[N+](=O)[O-]. The second kappa shape index (κ2) is 6.67. The van der Waals surface area contributed by atoms with Crippen LogP contribution in [0, 0.1) is 17.0 Å². The zero-order chi connectivity index (χ0) is 18.8. The van der Waals surface area contributed by atoms with Gasteiger partial charge in [-0.15, -0.1) is 0 Å². The topological polar surface area (TPSA) is 125 Å². The first kappa shape index (κ1) is 17.2. The normalized spacial score (nSPS) is 10.7. The van der Waals surface area contributed by atoms with Crippen molar-refractivity contribution < 1.29 is 19.6 Å². The molecule has 0 saturated heterocycles. The summed E-state index contributed by atoms with van der Waals surface area (Å²) >= 11 is 0. The van der Waals surface area contributed by atoms with E-state index < -0.39 is 16.8 Å². The highest BCUT2D eigenvalue weighted by Gasteiger charge is 2.20. The van der Waals surface area contributed by atoms with Gasteiger partial charge in [-0.05, 0) is 19.1 Å². The van der Waals surface area contributed by atoms with Crippen LogP contribution < -0.4 is 5.32 Å². The number of hydrogen-bond donors (Lipinski definition) is 3. The van der Waals surface area contributed by atoms with Gasteiger partial charge in [0, 0.05) is 22.5 Å². The van der Waals surface area contributed by atoms with E-state index in [9.17, 15) is 24.8 Å². The van der Waals surface area contributed by atoms with Crippen LogP contribution in [0.3, 0.4) is 0 Å². The fraction of sp³-hybridized carbons (Fsp3) is 0.111. The molecule has 1 heterocycles. The lowest BCUT2D eigenvalue weighted by atomic mass is 10.1. The van der Waals surface area contributed by atoms with E-state index in [1.54, 1.807) is 37.3 Å². The average molecular weight is 353 g/mol. The molecule has 0 aliphatic carbocycles. The minimum atomic E-state index is -1.16. The number of carboxylic acid groups (broad SMARTS) is 1. The molecule has 0 aliphatic heterocycles. The van der Waals surface area contributed by atoms with Gasteiger partial charge in [0.2, 0.25) is 5.91 Å². The first-order valence-corrected chi connectivity index (χ1v) is 7.75. The van der Waals surface area contributed by atoms with E-state index in [1.807, 2.05) is 0 Å². The summed E-state index contributed by atoms with van der Waals surface area (Å²) in [7, 11) is 0. The highest BCUT2D eigenvalue weighted by molar-refractivity contribution is 6.02. The number of nitrogens with zero attached hydrogens (tertiary/aromatic N) is 1. The van der Waals surface area contributed by atoms with Crippen molar-refractivity contribution in [3.05, 3.63) is 69.4 Å². The molecule has 0 atom stereocenters. The third kappa shape index (κ3) is 3.12. The molecule has 26 heavy (non-hydrogen) atoms. The summed E-state index contributed by atoms with van der Waals surface area (Å²) in [6, 6.07) is 11.4. The molecule has 0 saturated carbocycles. The van der Waals surface area contributed by atoms with Crippen LogP contribution in [0.25, 0.3) is 10.9 Å². The number of carbonyl (C=O) groups is 2. The van der Waals surface area contributed by atoms with Gasteiger partial charge in [0.05, 0.1) is 22.6 Å². The Morgan fingerprint density at radius 1 is 1.19 bits per heavy atom. The molecule has 8 heteroatoms. The van der Waals surface area contributed by atoms with Gasteiger partial charge in [-0.25, -0.2) is 4.79 Å². The van der Waals surface area contributed by atoms with Crippen LogP contribution in [0.1, 0.15) is 21.6 Å². The molecule has 3 N–H and O–H groups in total. The number of aromatic nitrogens is 1. The minimum Gasteiger partial charge on any atom is -0.477 e. The molecule has 2 aromatic carbocycles. The molecule has 0 fully saturated rings. The monoisotopic (exact) mass is 353 g/mol. The predicted octanol–water partition coefficient (Wildman–Crippen LogP) is 3.26. The van der Waals surface area contributed by atoms with Crippen LogP contribution in [0.15, 0.2) is 42.5 Å². The molecule has 1 aromatic heterocycles. The molecule has 8 nitrogen and oxygen atoms in total.